The van der Waals surface area contributed by atoms with Crippen LogP contribution in [0.3, 0.4) is 0 Å². The zero-order valence-electron chi connectivity index (χ0n) is 19.6. The summed E-state index contributed by atoms with van der Waals surface area (Å²) < 4.78 is 11.6. The van der Waals surface area contributed by atoms with E-state index >= 15 is 0 Å². The first-order valence-corrected chi connectivity index (χ1v) is 12.8. The Morgan fingerprint density at radius 2 is 2.06 bits per heavy atom. The van der Waals surface area contributed by atoms with E-state index in [0.29, 0.717) is 29.8 Å². The van der Waals surface area contributed by atoms with Gasteiger partial charge in [0.2, 0.25) is 0 Å². The summed E-state index contributed by atoms with van der Waals surface area (Å²) in [6.07, 6.45) is 10.2. The van der Waals surface area contributed by atoms with Crippen LogP contribution in [0.2, 0.25) is 0 Å². The van der Waals surface area contributed by atoms with Crippen molar-refractivity contribution in [1.29, 1.82) is 0 Å². The molecule has 2 aliphatic rings. The number of benzene rings is 1. The highest BCUT2D eigenvalue weighted by atomic mass is 32.1. The summed E-state index contributed by atoms with van der Waals surface area (Å²) >= 11 is 1.72. The first-order chi connectivity index (χ1) is 16.5. The fourth-order valence-corrected chi connectivity index (χ4v) is 5.22. The van der Waals surface area contributed by atoms with Crippen molar-refractivity contribution in [1.82, 2.24) is 20.3 Å². The van der Waals surface area contributed by atoms with Crippen LogP contribution >= 0.6 is 11.3 Å². The molecule has 2 fully saturated rings. The summed E-state index contributed by atoms with van der Waals surface area (Å²) in [5.41, 5.74) is 3.01. The molecule has 2 atom stereocenters. The predicted molar refractivity (Wildman–Crippen MR) is 131 cm³/mol. The second-order valence-electron chi connectivity index (χ2n) is 9.26. The molecule has 1 N–H and O–H groups in total. The van der Waals surface area contributed by atoms with E-state index in [-0.39, 0.29) is 11.9 Å². The molecule has 0 spiro atoms. The molecule has 0 bridgehead atoms. The Hall–Kier alpha value is -2.84. The molecular weight excluding hydrogens is 448 g/mol. The van der Waals surface area contributed by atoms with Crippen LogP contribution in [0.25, 0.3) is 10.6 Å². The number of nitrogens with zero attached hydrogens (tertiary/aromatic N) is 3. The Kier molecular flexibility index (Phi) is 6.87. The largest absolute Gasteiger partial charge is 0.493 e. The number of nitrogens with one attached hydrogen (secondary N) is 1. The highest BCUT2D eigenvalue weighted by Crippen LogP contribution is 2.41. The first-order valence-electron chi connectivity index (χ1n) is 12.0. The molecule has 1 saturated heterocycles. The lowest BCUT2D eigenvalue weighted by molar-refractivity contribution is 0.0938. The Morgan fingerprint density at radius 3 is 2.76 bits per heavy atom. The fraction of sp³-hybridized carbons (Fsp3) is 0.462. The van der Waals surface area contributed by atoms with Gasteiger partial charge in [-0.25, -0.2) is 4.98 Å². The van der Waals surface area contributed by atoms with Gasteiger partial charge in [-0.3, -0.25) is 14.8 Å². The molecule has 1 saturated carbocycles. The minimum Gasteiger partial charge on any atom is -0.493 e. The summed E-state index contributed by atoms with van der Waals surface area (Å²) in [4.78, 5) is 27.9. The lowest BCUT2D eigenvalue weighted by atomic mass is 9.85. The van der Waals surface area contributed by atoms with Crippen LogP contribution in [0.15, 0.2) is 36.8 Å². The Labute approximate surface area is 204 Å². The fourth-order valence-electron chi connectivity index (χ4n) is 4.15. The van der Waals surface area contributed by atoms with Crippen molar-refractivity contribution in [2.45, 2.75) is 51.5 Å². The van der Waals surface area contributed by atoms with Crippen molar-refractivity contribution < 1.29 is 14.3 Å². The van der Waals surface area contributed by atoms with Gasteiger partial charge < -0.3 is 14.8 Å². The average Bonchev–Trinajstić information content (AvgIpc) is 3.49. The standard InChI is InChI=1S/C26H30N4O3S/c1-16-11-28-23(12-27-16)17(2)30-25(31)20-8-21(26-29-13-24(34-26)19-4-3-5-19)10-22(9-20)33-15-18-6-7-32-14-18/h8-13,17-19H,3-7,14-15H2,1-2H3,(H,30,31)/t17?,18-/m1/s1. The third-order valence-corrected chi connectivity index (χ3v) is 7.76. The topological polar surface area (TPSA) is 86.2 Å². The van der Waals surface area contributed by atoms with Gasteiger partial charge in [0.15, 0.2) is 0 Å². The van der Waals surface area contributed by atoms with Gasteiger partial charge in [-0.2, -0.15) is 0 Å². The zero-order valence-corrected chi connectivity index (χ0v) is 20.4. The molecule has 3 heterocycles. The van der Waals surface area contributed by atoms with Gasteiger partial charge in [0.25, 0.3) is 5.91 Å². The van der Waals surface area contributed by atoms with Crippen molar-refractivity contribution in [3.05, 3.63) is 58.6 Å². The van der Waals surface area contributed by atoms with Gasteiger partial charge in [-0.05, 0) is 57.2 Å². The molecular formula is C26H30N4O3S. The summed E-state index contributed by atoms with van der Waals surface area (Å²) in [6.45, 7) is 5.87. The van der Waals surface area contributed by atoms with Crippen LogP contribution in [0, 0.1) is 12.8 Å². The van der Waals surface area contributed by atoms with Crippen LogP contribution in [0.1, 0.15) is 71.2 Å². The summed E-state index contributed by atoms with van der Waals surface area (Å²) in [6, 6.07) is 5.43. The predicted octanol–water partition coefficient (Wildman–Crippen LogP) is 5.08. The SMILES string of the molecule is Cc1cnc(C(C)NC(=O)c2cc(OC[C@@H]3CCOC3)cc(-c3ncc(C4CCC4)s3)c2)cn1. The average molecular weight is 479 g/mol. The van der Waals surface area contributed by atoms with Gasteiger partial charge in [0.1, 0.15) is 10.8 Å². The van der Waals surface area contributed by atoms with E-state index in [0.717, 1.165) is 41.6 Å². The second kappa shape index (κ2) is 10.2. The molecule has 2 aromatic heterocycles. The number of aryl methyl sites for hydroxylation is 1. The third kappa shape index (κ3) is 5.28. The minimum atomic E-state index is -0.269. The number of amides is 1. The Balaban J connectivity index is 1.38. The molecule has 178 valence electrons. The molecule has 5 rings (SSSR count). The normalized spacial score (nSPS) is 18.9. The van der Waals surface area contributed by atoms with E-state index in [9.17, 15) is 4.79 Å². The number of carbonyl (C=O) groups excluding carboxylic acids is 1. The monoisotopic (exact) mass is 478 g/mol. The van der Waals surface area contributed by atoms with Gasteiger partial charge in [-0.15, -0.1) is 11.3 Å². The van der Waals surface area contributed by atoms with Crippen molar-refractivity contribution in [3.63, 3.8) is 0 Å². The van der Waals surface area contributed by atoms with E-state index in [2.05, 4.69) is 20.3 Å². The van der Waals surface area contributed by atoms with E-state index < -0.39 is 0 Å². The van der Waals surface area contributed by atoms with Crippen molar-refractivity contribution in [3.8, 4) is 16.3 Å². The van der Waals surface area contributed by atoms with E-state index in [1.807, 2.05) is 38.2 Å². The van der Waals surface area contributed by atoms with Gasteiger partial charge in [-0.1, -0.05) is 6.42 Å². The first kappa shape index (κ1) is 22.9. The minimum absolute atomic E-state index is 0.179. The number of rotatable bonds is 8. The maximum Gasteiger partial charge on any atom is 0.251 e. The molecule has 1 amide bonds. The third-order valence-electron chi connectivity index (χ3n) is 6.55. The summed E-state index contributed by atoms with van der Waals surface area (Å²) in [7, 11) is 0. The van der Waals surface area contributed by atoms with E-state index in [4.69, 9.17) is 9.47 Å². The van der Waals surface area contributed by atoms with E-state index in [1.54, 1.807) is 23.7 Å². The van der Waals surface area contributed by atoms with Crippen LogP contribution in [-0.2, 0) is 4.74 Å². The van der Waals surface area contributed by atoms with Crippen molar-refractivity contribution >= 4 is 17.2 Å². The van der Waals surface area contributed by atoms with Gasteiger partial charge >= 0.3 is 0 Å². The number of hydrogen-bond donors (Lipinski definition) is 1. The van der Waals surface area contributed by atoms with Crippen LogP contribution in [0.4, 0.5) is 0 Å². The smallest absolute Gasteiger partial charge is 0.251 e. The molecule has 1 aliphatic heterocycles. The van der Waals surface area contributed by atoms with Crippen LogP contribution in [0.5, 0.6) is 5.75 Å². The molecule has 1 aromatic carbocycles. The van der Waals surface area contributed by atoms with Crippen molar-refractivity contribution in [2.75, 3.05) is 19.8 Å². The molecule has 3 aromatic rings. The number of thiazole rings is 1. The number of hydrogen-bond acceptors (Lipinski definition) is 7. The quantitative estimate of drug-likeness (QED) is 0.486. The number of ether oxygens (including phenoxy) is 2. The highest BCUT2D eigenvalue weighted by Gasteiger charge is 2.23. The Bertz CT molecular complexity index is 1140. The van der Waals surface area contributed by atoms with Crippen molar-refractivity contribution in [2.24, 2.45) is 5.92 Å². The van der Waals surface area contributed by atoms with Gasteiger partial charge in [0.05, 0.1) is 36.8 Å². The second-order valence-corrected chi connectivity index (χ2v) is 10.3. The molecule has 0 radical (unpaired) electrons. The molecule has 34 heavy (non-hydrogen) atoms. The number of aromatic nitrogens is 3. The highest BCUT2D eigenvalue weighted by molar-refractivity contribution is 7.15. The Morgan fingerprint density at radius 1 is 1.18 bits per heavy atom. The van der Waals surface area contributed by atoms with Gasteiger partial charge in [0, 0.05) is 40.9 Å². The summed E-state index contributed by atoms with van der Waals surface area (Å²) in [5, 5.41) is 3.96. The maximum atomic E-state index is 13.2. The lowest BCUT2D eigenvalue weighted by Crippen LogP contribution is -2.27. The van der Waals surface area contributed by atoms with E-state index in [1.165, 1.54) is 24.1 Å². The lowest BCUT2D eigenvalue weighted by Gasteiger charge is -2.23. The molecule has 1 unspecified atom stereocenters. The zero-order chi connectivity index (χ0) is 23.5. The van der Waals surface area contributed by atoms with Crippen LogP contribution in [-0.4, -0.2) is 40.7 Å². The molecule has 1 aliphatic carbocycles. The molecule has 8 heteroatoms. The molecule has 7 nitrogen and oxygen atoms in total. The van der Waals surface area contributed by atoms with Crippen LogP contribution < -0.4 is 10.1 Å². The summed E-state index contributed by atoms with van der Waals surface area (Å²) in [5.74, 6) is 1.51. The number of carbonyl (C=O) groups is 1. The maximum absolute atomic E-state index is 13.2.